The van der Waals surface area contributed by atoms with E-state index in [0.29, 0.717) is 29.4 Å². The van der Waals surface area contributed by atoms with Gasteiger partial charge in [-0.25, -0.2) is 13.7 Å². The topological polar surface area (TPSA) is 67.9 Å². The van der Waals surface area contributed by atoms with Gasteiger partial charge in [-0.3, -0.25) is 9.59 Å². The highest BCUT2D eigenvalue weighted by atomic mass is 19.2. The summed E-state index contributed by atoms with van der Waals surface area (Å²) in [6.07, 6.45) is 0. The molecule has 8 heteroatoms. The smallest absolute Gasteiger partial charge is 0.282 e. The monoisotopic (exact) mass is 464 g/mol. The highest BCUT2D eigenvalue weighted by Gasteiger charge is 2.40. The van der Waals surface area contributed by atoms with Crippen LogP contribution in [0.25, 0.3) is 5.57 Å². The average Bonchev–Trinajstić information content (AvgIpc) is 3.06. The maximum Gasteiger partial charge on any atom is 0.282 e. The second-order valence-corrected chi connectivity index (χ2v) is 7.58. The van der Waals surface area contributed by atoms with Gasteiger partial charge in [-0.2, -0.15) is 0 Å². The van der Waals surface area contributed by atoms with E-state index in [9.17, 15) is 18.4 Å². The molecule has 3 aromatic rings. The first-order valence-electron chi connectivity index (χ1n) is 10.6. The zero-order valence-corrected chi connectivity index (χ0v) is 18.8. The first-order chi connectivity index (χ1) is 16.3. The number of imide groups is 1. The molecule has 2 amide bonds. The molecule has 0 fully saturated rings. The van der Waals surface area contributed by atoms with Crippen LogP contribution in [-0.4, -0.2) is 25.5 Å². The van der Waals surface area contributed by atoms with Gasteiger partial charge in [0.05, 0.1) is 30.7 Å². The van der Waals surface area contributed by atoms with Crippen LogP contribution >= 0.6 is 0 Å². The standard InChI is InChI=1S/C26H22F2N2O4/c1-4-34-18-9-6-16(7-10-18)23-24(29-21-13-15(2)5-12-22(21)33-3)26(32)30(25(23)31)17-8-11-19(27)20(28)14-17/h5-14,29H,4H2,1-3H3. The van der Waals surface area contributed by atoms with E-state index >= 15 is 0 Å². The molecule has 174 valence electrons. The minimum absolute atomic E-state index is 0.0113. The van der Waals surface area contributed by atoms with E-state index in [4.69, 9.17) is 9.47 Å². The highest BCUT2D eigenvalue weighted by Crippen LogP contribution is 2.36. The van der Waals surface area contributed by atoms with Crippen molar-refractivity contribution in [2.75, 3.05) is 23.9 Å². The lowest BCUT2D eigenvalue weighted by atomic mass is 10.0. The van der Waals surface area contributed by atoms with E-state index in [1.807, 2.05) is 19.9 Å². The Labute approximate surface area is 195 Å². The van der Waals surface area contributed by atoms with Crippen molar-refractivity contribution >= 4 is 28.8 Å². The van der Waals surface area contributed by atoms with Gasteiger partial charge in [0.25, 0.3) is 11.8 Å². The molecule has 0 spiro atoms. The van der Waals surface area contributed by atoms with Gasteiger partial charge in [0.2, 0.25) is 0 Å². The van der Waals surface area contributed by atoms with Crippen LogP contribution in [0.15, 0.2) is 66.4 Å². The van der Waals surface area contributed by atoms with Gasteiger partial charge in [-0.15, -0.1) is 0 Å². The number of hydrogen-bond donors (Lipinski definition) is 1. The van der Waals surface area contributed by atoms with Crippen molar-refractivity contribution < 1.29 is 27.8 Å². The molecule has 6 nitrogen and oxygen atoms in total. The Hall–Kier alpha value is -4.20. The lowest BCUT2D eigenvalue weighted by Gasteiger charge is -2.16. The summed E-state index contributed by atoms with van der Waals surface area (Å²) >= 11 is 0. The van der Waals surface area contributed by atoms with Crippen molar-refractivity contribution in [1.29, 1.82) is 0 Å². The normalized spacial score (nSPS) is 13.5. The number of ether oxygens (including phenoxy) is 2. The fourth-order valence-electron chi connectivity index (χ4n) is 3.71. The van der Waals surface area contributed by atoms with Gasteiger partial charge in [0.15, 0.2) is 11.6 Å². The first kappa shape index (κ1) is 23.0. The average molecular weight is 464 g/mol. The summed E-state index contributed by atoms with van der Waals surface area (Å²) in [5.74, 6) is -2.54. The second-order valence-electron chi connectivity index (χ2n) is 7.58. The molecule has 4 rings (SSSR count). The summed E-state index contributed by atoms with van der Waals surface area (Å²) in [6, 6.07) is 14.9. The minimum Gasteiger partial charge on any atom is -0.495 e. The summed E-state index contributed by atoms with van der Waals surface area (Å²) in [4.78, 5) is 27.8. The number of benzene rings is 3. The number of amides is 2. The van der Waals surface area contributed by atoms with Crippen molar-refractivity contribution in [3.05, 3.63) is 89.1 Å². The molecule has 1 aliphatic rings. The maximum absolute atomic E-state index is 13.9. The van der Waals surface area contributed by atoms with Crippen LogP contribution in [0, 0.1) is 18.6 Å². The summed E-state index contributed by atoms with van der Waals surface area (Å²) < 4.78 is 38.3. The molecule has 1 aliphatic heterocycles. The van der Waals surface area contributed by atoms with Crippen molar-refractivity contribution in [2.45, 2.75) is 13.8 Å². The van der Waals surface area contributed by atoms with Crippen LogP contribution in [0.2, 0.25) is 0 Å². The summed E-state index contributed by atoms with van der Waals surface area (Å²) in [7, 11) is 1.49. The maximum atomic E-state index is 13.9. The number of carbonyl (C=O) groups excluding carboxylic acids is 2. The van der Waals surface area contributed by atoms with Gasteiger partial charge >= 0.3 is 0 Å². The van der Waals surface area contributed by atoms with Crippen LogP contribution in [0.5, 0.6) is 11.5 Å². The van der Waals surface area contributed by atoms with Crippen molar-refractivity contribution in [3.8, 4) is 11.5 Å². The molecule has 0 saturated heterocycles. The van der Waals surface area contributed by atoms with Crippen molar-refractivity contribution in [2.24, 2.45) is 0 Å². The van der Waals surface area contributed by atoms with Gasteiger partial charge in [0, 0.05) is 6.07 Å². The summed E-state index contributed by atoms with van der Waals surface area (Å²) in [6.45, 7) is 4.21. The largest absolute Gasteiger partial charge is 0.495 e. The van der Waals surface area contributed by atoms with Gasteiger partial charge in [0.1, 0.15) is 17.2 Å². The number of halogens is 2. The summed E-state index contributed by atoms with van der Waals surface area (Å²) in [5.41, 5.74) is 1.84. The van der Waals surface area contributed by atoms with Crippen molar-refractivity contribution in [3.63, 3.8) is 0 Å². The zero-order chi connectivity index (χ0) is 24.4. The molecule has 0 unspecified atom stereocenters. The predicted octanol–water partition coefficient (Wildman–Crippen LogP) is 5.08. The first-order valence-corrected chi connectivity index (χ1v) is 10.6. The molecular weight excluding hydrogens is 442 g/mol. The van der Waals surface area contributed by atoms with E-state index < -0.39 is 23.4 Å². The Morgan fingerprint density at radius 3 is 2.29 bits per heavy atom. The fourth-order valence-corrected chi connectivity index (χ4v) is 3.71. The van der Waals surface area contributed by atoms with E-state index in [2.05, 4.69) is 5.32 Å². The Bertz CT molecular complexity index is 1300. The van der Waals surface area contributed by atoms with Gasteiger partial charge < -0.3 is 14.8 Å². The predicted molar refractivity (Wildman–Crippen MR) is 125 cm³/mol. The molecule has 1 heterocycles. The van der Waals surface area contributed by atoms with Gasteiger partial charge in [-0.1, -0.05) is 18.2 Å². The lowest BCUT2D eigenvalue weighted by Crippen LogP contribution is -2.32. The lowest BCUT2D eigenvalue weighted by molar-refractivity contribution is -0.120. The molecule has 0 aromatic heterocycles. The van der Waals surface area contributed by atoms with E-state index in [-0.39, 0.29) is 17.0 Å². The van der Waals surface area contributed by atoms with Crippen LogP contribution in [0.1, 0.15) is 18.1 Å². The van der Waals surface area contributed by atoms with Gasteiger partial charge in [-0.05, 0) is 61.4 Å². The van der Waals surface area contributed by atoms with Crippen LogP contribution < -0.4 is 19.7 Å². The Balaban J connectivity index is 1.83. The number of carbonyl (C=O) groups is 2. The molecule has 0 saturated carbocycles. The van der Waals surface area contributed by atoms with Crippen molar-refractivity contribution in [1.82, 2.24) is 0 Å². The zero-order valence-electron chi connectivity index (χ0n) is 18.8. The van der Waals surface area contributed by atoms with E-state index in [1.54, 1.807) is 36.4 Å². The number of nitrogens with one attached hydrogen (secondary N) is 1. The summed E-state index contributed by atoms with van der Waals surface area (Å²) in [5, 5.41) is 3.04. The minimum atomic E-state index is -1.16. The third kappa shape index (κ3) is 4.22. The molecule has 0 radical (unpaired) electrons. The molecule has 0 atom stereocenters. The number of anilines is 2. The number of rotatable bonds is 7. The second kappa shape index (κ2) is 9.35. The third-order valence-electron chi connectivity index (χ3n) is 5.31. The van der Waals surface area contributed by atoms with Crippen LogP contribution in [0.3, 0.4) is 0 Å². The molecule has 0 aliphatic carbocycles. The number of nitrogens with zero attached hydrogens (tertiary/aromatic N) is 1. The molecule has 0 bridgehead atoms. The van der Waals surface area contributed by atoms with Crippen LogP contribution in [0.4, 0.5) is 20.2 Å². The fraction of sp³-hybridized carbons (Fsp3) is 0.154. The molecule has 1 N–H and O–H groups in total. The number of aryl methyl sites for hydroxylation is 1. The van der Waals surface area contributed by atoms with Crippen LogP contribution in [-0.2, 0) is 9.59 Å². The third-order valence-corrected chi connectivity index (χ3v) is 5.31. The van der Waals surface area contributed by atoms with E-state index in [1.165, 1.54) is 13.2 Å². The quantitative estimate of drug-likeness (QED) is 0.494. The number of hydrogen-bond acceptors (Lipinski definition) is 5. The Morgan fingerprint density at radius 2 is 1.65 bits per heavy atom. The molecular formula is C26H22F2N2O4. The number of methoxy groups -OCH3 is 1. The SMILES string of the molecule is CCOc1ccc(C2=C(Nc3cc(C)ccc3OC)C(=O)N(c3ccc(F)c(F)c3)C2=O)cc1. The highest BCUT2D eigenvalue weighted by molar-refractivity contribution is 6.46. The molecule has 3 aromatic carbocycles. The Kier molecular flexibility index (Phi) is 6.32. The van der Waals surface area contributed by atoms with E-state index in [0.717, 1.165) is 22.6 Å². The molecule has 34 heavy (non-hydrogen) atoms. The Morgan fingerprint density at radius 1 is 0.912 bits per heavy atom.